The lowest BCUT2D eigenvalue weighted by atomic mass is 10.1. The van der Waals surface area contributed by atoms with Crippen molar-refractivity contribution in [3.05, 3.63) is 53.4 Å². The van der Waals surface area contributed by atoms with Gasteiger partial charge >= 0.3 is 0 Å². The van der Waals surface area contributed by atoms with Crippen LogP contribution in [0.15, 0.2) is 40.9 Å². The molecule has 0 spiro atoms. The highest BCUT2D eigenvalue weighted by Crippen LogP contribution is 2.48. The van der Waals surface area contributed by atoms with Crippen LogP contribution in [0.4, 0.5) is 0 Å². The van der Waals surface area contributed by atoms with Gasteiger partial charge in [0.1, 0.15) is 5.76 Å². The highest BCUT2D eigenvalue weighted by Gasteiger charge is 2.46. The third-order valence-corrected chi connectivity index (χ3v) is 5.06. The molecule has 0 radical (unpaired) electrons. The summed E-state index contributed by atoms with van der Waals surface area (Å²) in [4.78, 5) is 28.7. The maximum absolute atomic E-state index is 12.7. The number of benzene rings is 1. The van der Waals surface area contributed by atoms with E-state index in [4.69, 9.17) is 4.52 Å². The molecule has 4 rings (SSSR count). The first kappa shape index (κ1) is 15.9. The van der Waals surface area contributed by atoms with Crippen LogP contribution in [0, 0.1) is 12.8 Å². The minimum Gasteiger partial charge on any atom is -0.361 e. The Kier molecular flexibility index (Phi) is 4.03. The Morgan fingerprint density at radius 2 is 1.76 bits per heavy atom. The number of carbonyl (C=O) groups is 2. The van der Waals surface area contributed by atoms with E-state index in [2.05, 4.69) is 17.3 Å². The van der Waals surface area contributed by atoms with Crippen LogP contribution in [0.5, 0.6) is 0 Å². The third-order valence-electron chi connectivity index (χ3n) is 5.06. The molecule has 2 aromatic rings. The van der Waals surface area contributed by atoms with Crippen molar-refractivity contribution in [1.82, 2.24) is 15.0 Å². The SMILES string of the molecule is Cc1cc(C(=O)N2CCN(C(=O)[C@H]3C[C@H]3c3ccccc3)CC2)no1. The third kappa shape index (κ3) is 3.16. The molecule has 1 aromatic carbocycles. The first-order chi connectivity index (χ1) is 12.1. The summed E-state index contributed by atoms with van der Waals surface area (Å²) in [5, 5.41) is 3.78. The second-order valence-corrected chi connectivity index (χ2v) is 6.80. The van der Waals surface area contributed by atoms with Gasteiger partial charge in [0.15, 0.2) is 5.69 Å². The lowest BCUT2D eigenvalue weighted by Crippen LogP contribution is -2.51. The fraction of sp³-hybridized carbons (Fsp3) is 0.421. The van der Waals surface area contributed by atoms with Gasteiger partial charge in [-0.2, -0.15) is 0 Å². The molecule has 1 aliphatic carbocycles. The van der Waals surface area contributed by atoms with Crippen molar-refractivity contribution in [2.75, 3.05) is 26.2 Å². The van der Waals surface area contributed by atoms with E-state index in [-0.39, 0.29) is 17.7 Å². The van der Waals surface area contributed by atoms with Gasteiger partial charge < -0.3 is 14.3 Å². The Hall–Kier alpha value is -2.63. The molecule has 1 saturated heterocycles. The molecule has 2 heterocycles. The van der Waals surface area contributed by atoms with Crippen LogP contribution in [0.2, 0.25) is 0 Å². The van der Waals surface area contributed by atoms with Crippen molar-refractivity contribution in [2.24, 2.45) is 5.92 Å². The standard InChI is InChI=1S/C19H21N3O3/c1-13-11-17(20-25-13)19(24)22-9-7-21(8-10-22)18(23)16-12-15(16)14-5-3-2-4-6-14/h2-6,11,15-16H,7-10,12H2,1H3/t15-,16-/m0/s1. The number of nitrogens with zero attached hydrogens (tertiary/aromatic N) is 3. The summed E-state index contributed by atoms with van der Waals surface area (Å²) in [6.07, 6.45) is 0.931. The van der Waals surface area contributed by atoms with Crippen LogP contribution < -0.4 is 0 Å². The molecule has 1 saturated carbocycles. The minimum absolute atomic E-state index is 0.0999. The predicted molar refractivity (Wildman–Crippen MR) is 91.0 cm³/mol. The van der Waals surface area contributed by atoms with Crippen LogP contribution in [0.25, 0.3) is 0 Å². The summed E-state index contributed by atoms with van der Waals surface area (Å²) < 4.78 is 4.97. The summed E-state index contributed by atoms with van der Waals surface area (Å²) in [5.41, 5.74) is 1.58. The van der Waals surface area contributed by atoms with Gasteiger partial charge in [-0.15, -0.1) is 0 Å². The van der Waals surface area contributed by atoms with Gasteiger partial charge in [-0.1, -0.05) is 35.5 Å². The number of piperazine rings is 1. The molecule has 2 amide bonds. The number of hydrogen-bond donors (Lipinski definition) is 0. The van der Waals surface area contributed by atoms with Gasteiger partial charge in [-0.05, 0) is 24.8 Å². The van der Waals surface area contributed by atoms with Crippen LogP contribution in [0.3, 0.4) is 0 Å². The van der Waals surface area contributed by atoms with E-state index < -0.39 is 0 Å². The smallest absolute Gasteiger partial charge is 0.276 e. The molecular weight excluding hydrogens is 318 g/mol. The summed E-state index contributed by atoms with van der Waals surface area (Å²) in [7, 11) is 0. The summed E-state index contributed by atoms with van der Waals surface area (Å²) in [6, 6.07) is 11.9. The van der Waals surface area contributed by atoms with Crippen LogP contribution in [-0.4, -0.2) is 52.9 Å². The Labute approximate surface area is 146 Å². The van der Waals surface area contributed by atoms with Crippen molar-refractivity contribution in [1.29, 1.82) is 0 Å². The van der Waals surface area contributed by atoms with Crippen molar-refractivity contribution in [2.45, 2.75) is 19.3 Å². The Bertz CT molecular complexity index is 778. The predicted octanol–water partition coefficient (Wildman–Crippen LogP) is 2.07. The monoisotopic (exact) mass is 339 g/mol. The van der Waals surface area contributed by atoms with E-state index in [1.807, 2.05) is 23.1 Å². The van der Waals surface area contributed by atoms with Crippen molar-refractivity contribution < 1.29 is 14.1 Å². The van der Waals surface area contributed by atoms with Crippen LogP contribution >= 0.6 is 0 Å². The molecule has 2 atom stereocenters. The largest absolute Gasteiger partial charge is 0.361 e. The van der Waals surface area contributed by atoms with Crippen molar-refractivity contribution >= 4 is 11.8 Å². The zero-order valence-corrected chi connectivity index (χ0v) is 14.2. The van der Waals surface area contributed by atoms with Gasteiger partial charge in [0.2, 0.25) is 5.91 Å². The Balaban J connectivity index is 1.32. The molecule has 0 N–H and O–H groups in total. The zero-order chi connectivity index (χ0) is 17.4. The molecule has 2 aliphatic rings. The lowest BCUT2D eigenvalue weighted by Gasteiger charge is -2.34. The molecular formula is C19H21N3O3. The number of amides is 2. The fourth-order valence-electron chi connectivity index (χ4n) is 3.53. The van der Waals surface area contributed by atoms with E-state index in [1.165, 1.54) is 5.56 Å². The van der Waals surface area contributed by atoms with E-state index in [9.17, 15) is 9.59 Å². The van der Waals surface area contributed by atoms with Crippen molar-refractivity contribution in [3.8, 4) is 0 Å². The van der Waals surface area contributed by atoms with Crippen molar-refractivity contribution in [3.63, 3.8) is 0 Å². The molecule has 0 unspecified atom stereocenters. The Morgan fingerprint density at radius 3 is 2.40 bits per heavy atom. The first-order valence-corrected chi connectivity index (χ1v) is 8.70. The minimum atomic E-state index is -0.127. The average molecular weight is 339 g/mol. The van der Waals surface area contributed by atoms with E-state index in [1.54, 1.807) is 17.9 Å². The highest BCUT2D eigenvalue weighted by molar-refractivity contribution is 5.92. The maximum atomic E-state index is 12.7. The molecule has 1 aromatic heterocycles. The molecule has 25 heavy (non-hydrogen) atoms. The molecule has 6 nitrogen and oxygen atoms in total. The van der Waals surface area contributed by atoms with Gasteiger partial charge in [0.05, 0.1) is 0 Å². The second-order valence-electron chi connectivity index (χ2n) is 6.80. The molecule has 1 aliphatic heterocycles. The van der Waals surface area contributed by atoms with E-state index in [0.717, 1.165) is 6.42 Å². The summed E-state index contributed by atoms with van der Waals surface area (Å²) in [6.45, 7) is 4.01. The molecule has 0 bridgehead atoms. The number of aryl methyl sites for hydroxylation is 1. The van der Waals surface area contributed by atoms with Crippen LogP contribution in [0.1, 0.15) is 34.2 Å². The van der Waals surface area contributed by atoms with Gasteiger partial charge in [-0.3, -0.25) is 9.59 Å². The zero-order valence-electron chi connectivity index (χ0n) is 14.2. The maximum Gasteiger partial charge on any atom is 0.276 e. The molecule has 6 heteroatoms. The van der Waals surface area contributed by atoms with Gasteiger partial charge in [0, 0.05) is 38.2 Å². The topological polar surface area (TPSA) is 66.7 Å². The van der Waals surface area contributed by atoms with Gasteiger partial charge in [-0.25, -0.2) is 0 Å². The number of hydrogen-bond acceptors (Lipinski definition) is 4. The summed E-state index contributed by atoms with van der Waals surface area (Å²) in [5.74, 6) is 1.17. The average Bonchev–Trinajstić information content (AvgIpc) is 3.35. The normalized spacial score (nSPS) is 22.8. The molecule has 2 fully saturated rings. The number of aromatic nitrogens is 1. The highest BCUT2D eigenvalue weighted by atomic mass is 16.5. The number of rotatable bonds is 3. The molecule has 130 valence electrons. The first-order valence-electron chi connectivity index (χ1n) is 8.70. The quantitative estimate of drug-likeness (QED) is 0.859. The summed E-state index contributed by atoms with van der Waals surface area (Å²) >= 11 is 0. The lowest BCUT2D eigenvalue weighted by molar-refractivity contribution is -0.134. The van der Waals surface area contributed by atoms with Gasteiger partial charge in [0.25, 0.3) is 5.91 Å². The van der Waals surface area contributed by atoms with E-state index in [0.29, 0.717) is 43.6 Å². The second kappa shape index (κ2) is 6.35. The number of carbonyl (C=O) groups excluding carboxylic acids is 2. The van der Waals surface area contributed by atoms with E-state index >= 15 is 0 Å². The van der Waals surface area contributed by atoms with Crippen LogP contribution in [-0.2, 0) is 4.79 Å². The fourth-order valence-corrected chi connectivity index (χ4v) is 3.53. The Morgan fingerprint density at radius 1 is 1.08 bits per heavy atom.